The molecule has 0 aromatic rings. The summed E-state index contributed by atoms with van der Waals surface area (Å²) in [6.07, 6.45) is 53.2. The van der Waals surface area contributed by atoms with Gasteiger partial charge < -0.3 is 14.4 Å². The zero-order valence-corrected chi connectivity index (χ0v) is 41.0. The Hall–Kier alpha value is -0.950. The summed E-state index contributed by atoms with van der Waals surface area (Å²) in [7, 11) is -3.19. The predicted molar refractivity (Wildman–Crippen MR) is 254 cm³/mol. The molecule has 0 heterocycles. The average molecular weight is 873 g/mol. The number of ether oxygens (including phenoxy) is 2. The number of hydrogen-bond acceptors (Lipinski definition) is 7. The summed E-state index contributed by atoms with van der Waals surface area (Å²) in [5.41, 5.74) is 0. The molecular formula is C51H101O8P. The first-order valence-electron chi connectivity index (χ1n) is 26.2. The van der Waals surface area contributed by atoms with E-state index < -0.39 is 19.9 Å². The maximum Gasteiger partial charge on any atom is 0.472 e. The van der Waals surface area contributed by atoms with Gasteiger partial charge in [0, 0.05) is 20.0 Å². The van der Waals surface area contributed by atoms with Crippen molar-refractivity contribution >= 4 is 19.8 Å². The SMILES string of the molecule is CCCCCCCCCCCCCCCCCCCCCCCCCC(=O)OC(COC(=O)CCCCCCCCCCCCCCCCCCCC)COP(=O)(O)OC. The van der Waals surface area contributed by atoms with Gasteiger partial charge in [-0.1, -0.05) is 264 Å². The van der Waals surface area contributed by atoms with Crippen molar-refractivity contribution in [3.05, 3.63) is 0 Å². The molecule has 0 saturated heterocycles. The molecule has 0 spiro atoms. The van der Waals surface area contributed by atoms with Crippen LogP contribution in [0.5, 0.6) is 0 Å². The molecule has 0 aromatic heterocycles. The monoisotopic (exact) mass is 873 g/mol. The van der Waals surface area contributed by atoms with Gasteiger partial charge in [0.2, 0.25) is 0 Å². The molecule has 60 heavy (non-hydrogen) atoms. The van der Waals surface area contributed by atoms with Crippen LogP contribution in [-0.4, -0.2) is 43.3 Å². The van der Waals surface area contributed by atoms with Gasteiger partial charge in [-0.15, -0.1) is 0 Å². The largest absolute Gasteiger partial charge is 0.472 e. The highest BCUT2D eigenvalue weighted by Crippen LogP contribution is 2.42. The maximum atomic E-state index is 12.6. The van der Waals surface area contributed by atoms with Crippen LogP contribution in [0.25, 0.3) is 0 Å². The molecular weight excluding hydrogens is 772 g/mol. The molecule has 0 bridgehead atoms. The van der Waals surface area contributed by atoms with Crippen LogP contribution >= 0.6 is 7.82 Å². The first kappa shape index (κ1) is 59.0. The van der Waals surface area contributed by atoms with E-state index in [0.29, 0.717) is 6.42 Å². The van der Waals surface area contributed by atoms with Crippen molar-refractivity contribution in [3.63, 3.8) is 0 Å². The first-order valence-corrected chi connectivity index (χ1v) is 27.7. The molecule has 0 saturated carbocycles. The molecule has 2 atom stereocenters. The summed E-state index contributed by atoms with van der Waals surface area (Å²) in [6, 6.07) is 0. The second kappa shape index (κ2) is 47.5. The zero-order chi connectivity index (χ0) is 43.9. The summed E-state index contributed by atoms with van der Waals surface area (Å²) in [6.45, 7) is 3.95. The molecule has 0 aliphatic carbocycles. The molecule has 8 nitrogen and oxygen atoms in total. The van der Waals surface area contributed by atoms with Crippen molar-refractivity contribution in [3.8, 4) is 0 Å². The molecule has 0 radical (unpaired) electrons. The molecule has 0 aromatic carbocycles. The second-order valence-electron chi connectivity index (χ2n) is 18.0. The van der Waals surface area contributed by atoms with Gasteiger partial charge in [-0.25, -0.2) is 4.57 Å². The summed E-state index contributed by atoms with van der Waals surface area (Å²) >= 11 is 0. The van der Waals surface area contributed by atoms with Gasteiger partial charge in [0.05, 0.1) is 6.61 Å². The van der Waals surface area contributed by atoms with Gasteiger partial charge in [-0.2, -0.15) is 0 Å². The van der Waals surface area contributed by atoms with Crippen molar-refractivity contribution < 1.29 is 37.6 Å². The molecule has 358 valence electrons. The van der Waals surface area contributed by atoms with Gasteiger partial charge in [0.15, 0.2) is 6.10 Å². The van der Waals surface area contributed by atoms with Crippen LogP contribution in [0.15, 0.2) is 0 Å². The maximum absolute atomic E-state index is 12.6. The van der Waals surface area contributed by atoms with E-state index in [2.05, 4.69) is 18.4 Å². The average Bonchev–Trinajstić information content (AvgIpc) is 3.24. The van der Waals surface area contributed by atoms with E-state index in [1.807, 2.05) is 0 Å². The fourth-order valence-corrected chi connectivity index (χ4v) is 8.53. The van der Waals surface area contributed by atoms with E-state index >= 15 is 0 Å². The molecule has 0 aliphatic rings. The Kier molecular flexibility index (Phi) is 46.8. The molecule has 0 aliphatic heterocycles. The van der Waals surface area contributed by atoms with Crippen molar-refractivity contribution in [1.82, 2.24) is 0 Å². The Morgan fingerprint density at radius 1 is 0.400 bits per heavy atom. The van der Waals surface area contributed by atoms with Crippen LogP contribution in [0.2, 0.25) is 0 Å². The third-order valence-corrected chi connectivity index (χ3v) is 13.0. The number of carbonyl (C=O) groups excluding carboxylic acids is 2. The first-order chi connectivity index (χ1) is 29.3. The van der Waals surface area contributed by atoms with Crippen LogP contribution in [0.3, 0.4) is 0 Å². The lowest BCUT2D eigenvalue weighted by molar-refractivity contribution is -0.161. The Morgan fingerprint density at radius 3 is 0.917 bits per heavy atom. The van der Waals surface area contributed by atoms with E-state index in [4.69, 9.17) is 14.0 Å². The van der Waals surface area contributed by atoms with Crippen molar-refractivity contribution in [2.75, 3.05) is 20.3 Å². The smallest absolute Gasteiger partial charge is 0.462 e. The minimum absolute atomic E-state index is 0.216. The third-order valence-electron chi connectivity index (χ3n) is 12.1. The molecule has 2 unspecified atom stereocenters. The zero-order valence-electron chi connectivity index (χ0n) is 40.1. The summed E-state index contributed by atoms with van der Waals surface area (Å²) < 4.78 is 32.2. The van der Waals surface area contributed by atoms with Gasteiger partial charge in [0.1, 0.15) is 6.61 Å². The standard InChI is InChI=1S/C51H101O8P/c1-4-6-8-10-12-14-16-18-20-22-24-25-26-27-28-30-32-34-36-38-40-42-44-46-51(53)59-49(48-58-60(54,55)56-3)47-57-50(52)45-43-41-39-37-35-33-31-29-23-21-19-17-15-13-11-9-7-5-2/h49H,4-48H2,1-3H3,(H,54,55). The van der Waals surface area contributed by atoms with E-state index in [1.165, 1.54) is 225 Å². The van der Waals surface area contributed by atoms with E-state index in [0.717, 1.165) is 45.6 Å². The lowest BCUT2D eigenvalue weighted by atomic mass is 10.0. The van der Waals surface area contributed by atoms with Crippen molar-refractivity contribution in [1.29, 1.82) is 0 Å². The number of phosphoric ester groups is 1. The Balaban J connectivity index is 3.82. The normalized spacial score (nSPS) is 13.1. The minimum Gasteiger partial charge on any atom is -0.462 e. The van der Waals surface area contributed by atoms with E-state index in [-0.39, 0.29) is 25.6 Å². The Morgan fingerprint density at radius 2 is 0.650 bits per heavy atom. The van der Waals surface area contributed by atoms with Crippen molar-refractivity contribution in [2.45, 2.75) is 296 Å². The number of esters is 2. The topological polar surface area (TPSA) is 108 Å². The minimum atomic E-state index is -4.26. The number of unbranched alkanes of at least 4 members (excludes halogenated alkanes) is 39. The number of rotatable bonds is 50. The second-order valence-corrected chi connectivity index (χ2v) is 19.6. The lowest BCUT2D eigenvalue weighted by Crippen LogP contribution is -2.29. The molecule has 0 fully saturated rings. The molecule has 9 heteroatoms. The summed E-state index contributed by atoms with van der Waals surface area (Å²) in [4.78, 5) is 34.7. The Labute approximate surface area is 372 Å². The lowest BCUT2D eigenvalue weighted by Gasteiger charge is -2.19. The third kappa shape index (κ3) is 46.6. The van der Waals surface area contributed by atoms with Crippen molar-refractivity contribution in [2.24, 2.45) is 0 Å². The number of carbonyl (C=O) groups is 2. The molecule has 1 N–H and O–H groups in total. The number of phosphoric acid groups is 1. The van der Waals surface area contributed by atoms with Crippen LogP contribution in [0.4, 0.5) is 0 Å². The molecule has 0 rings (SSSR count). The van der Waals surface area contributed by atoms with Gasteiger partial charge >= 0.3 is 19.8 Å². The van der Waals surface area contributed by atoms with Crippen LogP contribution in [-0.2, 0) is 32.7 Å². The number of hydrogen-bond donors (Lipinski definition) is 1. The highest BCUT2D eigenvalue weighted by molar-refractivity contribution is 7.47. The van der Waals surface area contributed by atoms with Crippen LogP contribution in [0.1, 0.15) is 290 Å². The molecule has 0 amide bonds. The summed E-state index contributed by atoms with van der Waals surface area (Å²) in [5, 5.41) is 0. The fraction of sp³-hybridized carbons (Fsp3) is 0.961. The van der Waals surface area contributed by atoms with Gasteiger partial charge in [-0.3, -0.25) is 18.6 Å². The predicted octanol–water partition coefficient (Wildman–Crippen LogP) is 17.0. The van der Waals surface area contributed by atoms with E-state index in [9.17, 15) is 19.0 Å². The fourth-order valence-electron chi connectivity index (χ4n) is 8.07. The summed E-state index contributed by atoms with van der Waals surface area (Å²) in [5.74, 6) is -0.780. The Bertz CT molecular complexity index is 946. The van der Waals surface area contributed by atoms with E-state index in [1.54, 1.807) is 0 Å². The van der Waals surface area contributed by atoms with Crippen LogP contribution in [0, 0.1) is 0 Å². The highest BCUT2D eigenvalue weighted by Gasteiger charge is 2.24. The highest BCUT2D eigenvalue weighted by atomic mass is 31.2. The van der Waals surface area contributed by atoms with Crippen LogP contribution < -0.4 is 0 Å². The van der Waals surface area contributed by atoms with Gasteiger partial charge in [0.25, 0.3) is 0 Å². The van der Waals surface area contributed by atoms with Gasteiger partial charge in [-0.05, 0) is 12.8 Å². The quantitative estimate of drug-likeness (QED) is 0.0366.